The first-order valence-corrected chi connectivity index (χ1v) is 5.42. The van der Waals surface area contributed by atoms with Gasteiger partial charge < -0.3 is 9.47 Å². The highest BCUT2D eigenvalue weighted by molar-refractivity contribution is 5.69. The van der Waals surface area contributed by atoms with E-state index >= 15 is 0 Å². The minimum Gasteiger partial charge on any atom is -0.497 e. The lowest BCUT2D eigenvalue weighted by atomic mass is 10.0. The molecule has 0 saturated heterocycles. The Morgan fingerprint density at radius 3 is 2.39 bits per heavy atom. The molecule has 1 aromatic rings. The number of esters is 1. The van der Waals surface area contributed by atoms with Crippen molar-refractivity contribution in [2.24, 2.45) is 0 Å². The largest absolute Gasteiger partial charge is 0.497 e. The molecule has 18 heavy (non-hydrogen) atoms. The van der Waals surface area contributed by atoms with Gasteiger partial charge in [0.25, 0.3) is 0 Å². The Bertz CT molecular complexity index is 415. The van der Waals surface area contributed by atoms with Crippen LogP contribution in [0.4, 0.5) is 0 Å². The van der Waals surface area contributed by atoms with Gasteiger partial charge in [-0.15, -0.1) is 0 Å². The van der Waals surface area contributed by atoms with E-state index in [1.165, 1.54) is 14.2 Å². The van der Waals surface area contributed by atoms with E-state index in [1.54, 1.807) is 24.3 Å². The zero-order valence-electron chi connectivity index (χ0n) is 10.3. The van der Waals surface area contributed by atoms with Crippen LogP contribution in [0.1, 0.15) is 24.4 Å². The van der Waals surface area contributed by atoms with Crippen molar-refractivity contribution in [2.75, 3.05) is 14.2 Å². The SMILES string of the molecule is COC(=O)CCC(c1ccc(OC)cc1)[N+](=O)[O-]. The van der Waals surface area contributed by atoms with Gasteiger partial charge in [-0.3, -0.25) is 14.9 Å². The molecule has 0 aliphatic carbocycles. The average molecular weight is 253 g/mol. The minimum atomic E-state index is -0.907. The van der Waals surface area contributed by atoms with Crippen molar-refractivity contribution in [1.82, 2.24) is 0 Å². The van der Waals surface area contributed by atoms with Crippen molar-refractivity contribution >= 4 is 5.97 Å². The summed E-state index contributed by atoms with van der Waals surface area (Å²) in [4.78, 5) is 21.6. The molecule has 1 aromatic carbocycles. The number of benzene rings is 1. The number of rotatable bonds is 6. The van der Waals surface area contributed by atoms with Crippen LogP contribution in [0, 0.1) is 10.1 Å². The predicted molar refractivity (Wildman–Crippen MR) is 64.0 cm³/mol. The number of carbonyl (C=O) groups is 1. The van der Waals surface area contributed by atoms with E-state index in [-0.39, 0.29) is 12.8 Å². The number of methoxy groups -OCH3 is 2. The molecule has 1 unspecified atom stereocenters. The summed E-state index contributed by atoms with van der Waals surface area (Å²) in [6, 6.07) is 5.66. The summed E-state index contributed by atoms with van der Waals surface area (Å²) in [6.07, 6.45) is 0.139. The molecule has 0 bridgehead atoms. The molecule has 0 radical (unpaired) electrons. The van der Waals surface area contributed by atoms with E-state index in [2.05, 4.69) is 4.74 Å². The van der Waals surface area contributed by atoms with Crippen LogP contribution in [0.15, 0.2) is 24.3 Å². The molecular formula is C12H15NO5. The summed E-state index contributed by atoms with van der Waals surface area (Å²) >= 11 is 0. The fourth-order valence-electron chi connectivity index (χ4n) is 1.58. The Labute approximate surface area is 105 Å². The Morgan fingerprint density at radius 2 is 1.94 bits per heavy atom. The molecule has 0 aliphatic heterocycles. The van der Waals surface area contributed by atoms with Crippen LogP contribution >= 0.6 is 0 Å². The summed E-state index contributed by atoms with van der Waals surface area (Å²) in [5.41, 5.74) is 0.546. The number of ether oxygens (including phenoxy) is 2. The normalized spacial score (nSPS) is 11.7. The number of hydrogen-bond donors (Lipinski definition) is 0. The average Bonchev–Trinajstić information content (AvgIpc) is 2.39. The Morgan fingerprint density at radius 1 is 1.33 bits per heavy atom. The van der Waals surface area contributed by atoms with Gasteiger partial charge in [-0.1, -0.05) is 0 Å². The first kappa shape index (κ1) is 14.0. The summed E-state index contributed by atoms with van der Waals surface area (Å²) in [5, 5.41) is 11.0. The molecule has 0 aliphatic rings. The van der Waals surface area contributed by atoms with Crippen LogP contribution in [0.25, 0.3) is 0 Å². The minimum absolute atomic E-state index is 0.0220. The van der Waals surface area contributed by atoms with Crippen LogP contribution in [-0.2, 0) is 9.53 Å². The lowest BCUT2D eigenvalue weighted by molar-refractivity contribution is -0.529. The molecular weight excluding hydrogens is 238 g/mol. The molecule has 0 spiro atoms. The molecule has 1 rings (SSSR count). The second kappa shape index (κ2) is 6.58. The molecule has 6 nitrogen and oxygen atoms in total. The predicted octanol–water partition coefficient (Wildman–Crippen LogP) is 1.97. The van der Waals surface area contributed by atoms with Gasteiger partial charge in [-0.2, -0.15) is 0 Å². The Hall–Kier alpha value is -2.11. The van der Waals surface area contributed by atoms with Gasteiger partial charge in [0, 0.05) is 16.9 Å². The summed E-state index contributed by atoms with van der Waals surface area (Å²) < 4.78 is 9.45. The van der Waals surface area contributed by atoms with Crippen LogP contribution in [0.3, 0.4) is 0 Å². The van der Waals surface area contributed by atoms with Gasteiger partial charge in [-0.25, -0.2) is 0 Å². The third kappa shape index (κ3) is 3.73. The fraction of sp³-hybridized carbons (Fsp3) is 0.417. The maximum Gasteiger partial charge on any atom is 0.305 e. The second-order valence-corrected chi connectivity index (χ2v) is 3.69. The van der Waals surface area contributed by atoms with Crippen molar-refractivity contribution in [2.45, 2.75) is 18.9 Å². The van der Waals surface area contributed by atoms with Gasteiger partial charge in [0.05, 0.1) is 20.6 Å². The molecule has 0 N–H and O–H groups in total. The van der Waals surface area contributed by atoms with E-state index in [9.17, 15) is 14.9 Å². The van der Waals surface area contributed by atoms with Crippen LogP contribution in [-0.4, -0.2) is 25.1 Å². The first-order chi connectivity index (χ1) is 8.58. The molecule has 0 fully saturated rings. The fourth-order valence-corrected chi connectivity index (χ4v) is 1.58. The standard InChI is InChI=1S/C12H15NO5/c1-17-10-5-3-9(4-6-10)11(13(15)16)7-8-12(14)18-2/h3-6,11H,7-8H2,1-2H3. The van der Waals surface area contributed by atoms with Crippen LogP contribution in [0.5, 0.6) is 5.75 Å². The lowest BCUT2D eigenvalue weighted by Crippen LogP contribution is -2.13. The number of carbonyl (C=O) groups excluding carboxylic acids is 1. The number of hydrogen-bond acceptors (Lipinski definition) is 5. The van der Waals surface area contributed by atoms with E-state index in [0.717, 1.165) is 0 Å². The Kier molecular flexibility index (Phi) is 5.10. The maximum absolute atomic E-state index is 11.0. The van der Waals surface area contributed by atoms with E-state index in [0.29, 0.717) is 11.3 Å². The smallest absolute Gasteiger partial charge is 0.305 e. The van der Waals surface area contributed by atoms with E-state index < -0.39 is 16.9 Å². The zero-order valence-corrected chi connectivity index (χ0v) is 10.3. The molecule has 98 valence electrons. The second-order valence-electron chi connectivity index (χ2n) is 3.69. The molecule has 0 aromatic heterocycles. The highest BCUT2D eigenvalue weighted by Gasteiger charge is 2.23. The molecule has 0 heterocycles. The third-order valence-electron chi connectivity index (χ3n) is 2.60. The quantitative estimate of drug-likeness (QED) is 0.440. The highest BCUT2D eigenvalue weighted by Crippen LogP contribution is 2.24. The summed E-state index contributed by atoms with van der Waals surface area (Å²) in [6.45, 7) is 0. The monoisotopic (exact) mass is 253 g/mol. The molecule has 0 amide bonds. The zero-order chi connectivity index (χ0) is 13.5. The molecule has 1 atom stereocenters. The van der Waals surface area contributed by atoms with Gasteiger partial charge in [0.15, 0.2) is 0 Å². The van der Waals surface area contributed by atoms with Crippen molar-refractivity contribution < 1.29 is 19.2 Å². The van der Waals surface area contributed by atoms with Gasteiger partial charge in [0.1, 0.15) is 5.75 Å². The Balaban J connectivity index is 2.77. The third-order valence-corrected chi connectivity index (χ3v) is 2.60. The van der Waals surface area contributed by atoms with Crippen LogP contribution in [0.2, 0.25) is 0 Å². The number of nitrogens with zero attached hydrogens (tertiary/aromatic N) is 1. The van der Waals surface area contributed by atoms with Crippen molar-refractivity contribution in [1.29, 1.82) is 0 Å². The van der Waals surface area contributed by atoms with Gasteiger partial charge in [-0.05, 0) is 24.3 Å². The highest BCUT2D eigenvalue weighted by atomic mass is 16.6. The summed E-state index contributed by atoms with van der Waals surface area (Å²) in [5.74, 6) is 0.184. The van der Waals surface area contributed by atoms with E-state index in [4.69, 9.17) is 4.74 Å². The summed E-state index contributed by atoms with van der Waals surface area (Å²) in [7, 11) is 2.79. The number of nitro groups is 1. The van der Waals surface area contributed by atoms with E-state index in [1.807, 2.05) is 0 Å². The van der Waals surface area contributed by atoms with Crippen LogP contribution < -0.4 is 4.74 Å². The van der Waals surface area contributed by atoms with Crippen molar-refractivity contribution in [3.05, 3.63) is 39.9 Å². The molecule has 0 saturated carbocycles. The van der Waals surface area contributed by atoms with Gasteiger partial charge in [0.2, 0.25) is 6.04 Å². The lowest BCUT2D eigenvalue weighted by Gasteiger charge is -2.09. The first-order valence-electron chi connectivity index (χ1n) is 5.42. The van der Waals surface area contributed by atoms with Crippen molar-refractivity contribution in [3.8, 4) is 5.75 Å². The maximum atomic E-state index is 11.0. The van der Waals surface area contributed by atoms with Gasteiger partial charge >= 0.3 is 5.97 Å². The van der Waals surface area contributed by atoms with Crippen molar-refractivity contribution in [3.63, 3.8) is 0 Å². The molecule has 6 heteroatoms. The topological polar surface area (TPSA) is 78.7 Å².